The molecule has 0 bridgehead atoms. The van der Waals surface area contributed by atoms with E-state index in [4.69, 9.17) is 4.74 Å². The summed E-state index contributed by atoms with van der Waals surface area (Å²) in [5.41, 5.74) is 1.90. The molecule has 0 saturated carbocycles. The van der Waals surface area contributed by atoms with Crippen LogP contribution in [0.25, 0.3) is 0 Å². The van der Waals surface area contributed by atoms with Crippen LogP contribution < -0.4 is 5.32 Å². The van der Waals surface area contributed by atoms with Gasteiger partial charge < -0.3 is 15.0 Å². The Balaban J connectivity index is 1.53. The number of likely N-dealkylation sites (tertiary alicyclic amines) is 1. The zero-order valence-corrected chi connectivity index (χ0v) is 13.5. The van der Waals surface area contributed by atoms with Crippen LogP contribution in [-0.2, 0) is 9.53 Å². The minimum Gasteiger partial charge on any atom is -0.368 e. The summed E-state index contributed by atoms with van der Waals surface area (Å²) in [7, 11) is 0. The molecule has 2 atom stereocenters. The molecule has 1 N–H and O–H groups in total. The van der Waals surface area contributed by atoms with Crippen molar-refractivity contribution in [3.8, 4) is 0 Å². The molecule has 0 radical (unpaired) electrons. The average Bonchev–Trinajstić information content (AvgIpc) is 3.15. The Morgan fingerprint density at radius 1 is 1.55 bits per heavy atom. The third-order valence-electron chi connectivity index (χ3n) is 4.49. The van der Waals surface area contributed by atoms with E-state index in [0.717, 1.165) is 32.2 Å². The third kappa shape index (κ3) is 3.30. The second-order valence-corrected chi connectivity index (χ2v) is 6.81. The van der Waals surface area contributed by atoms with Crippen LogP contribution in [0, 0.1) is 0 Å². The normalized spacial score (nSPS) is 28.0. The molecule has 7 heteroatoms. The molecule has 22 heavy (non-hydrogen) atoms. The first kappa shape index (κ1) is 15.4. The summed E-state index contributed by atoms with van der Waals surface area (Å²) < 4.78 is 6.26. The fourth-order valence-electron chi connectivity index (χ4n) is 3.30. The highest BCUT2D eigenvalue weighted by Crippen LogP contribution is 2.36. The van der Waals surface area contributed by atoms with Crippen molar-refractivity contribution in [2.24, 2.45) is 0 Å². The Morgan fingerprint density at radius 3 is 3.09 bits per heavy atom. The van der Waals surface area contributed by atoms with Gasteiger partial charge in [-0.15, -0.1) is 11.3 Å². The molecular formula is C15H21N3O3S. The van der Waals surface area contributed by atoms with Gasteiger partial charge in [-0.3, -0.25) is 9.59 Å². The van der Waals surface area contributed by atoms with Crippen LogP contribution in [-0.4, -0.2) is 53.0 Å². The Bertz CT molecular complexity index is 548. The molecule has 2 saturated heterocycles. The van der Waals surface area contributed by atoms with Crippen LogP contribution in [0.15, 0.2) is 10.9 Å². The number of hydrogen-bond donors (Lipinski definition) is 1. The zero-order valence-electron chi connectivity index (χ0n) is 12.7. The lowest BCUT2D eigenvalue weighted by atomic mass is 9.90. The van der Waals surface area contributed by atoms with E-state index in [1.807, 2.05) is 4.90 Å². The van der Waals surface area contributed by atoms with Gasteiger partial charge >= 0.3 is 0 Å². The first-order valence-corrected chi connectivity index (χ1v) is 8.62. The van der Waals surface area contributed by atoms with Gasteiger partial charge in [0.2, 0.25) is 5.91 Å². The van der Waals surface area contributed by atoms with E-state index >= 15 is 0 Å². The minimum absolute atomic E-state index is 0.0169. The van der Waals surface area contributed by atoms with Gasteiger partial charge in [-0.25, -0.2) is 4.98 Å². The predicted molar refractivity (Wildman–Crippen MR) is 82.8 cm³/mol. The van der Waals surface area contributed by atoms with Gasteiger partial charge in [-0.05, 0) is 25.7 Å². The zero-order chi connectivity index (χ0) is 15.6. The second kappa shape index (κ2) is 6.34. The number of rotatable bonds is 3. The largest absolute Gasteiger partial charge is 0.368 e. The summed E-state index contributed by atoms with van der Waals surface area (Å²) in [5, 5.41) is 4.63. The molecule has 6 nitrogen and oxygen atoms in total. The van der Waals surface area contributed by atoms with Crippen molar-refractivity contribution in [1.82, 2.24) is 15.2 Å². The molecule has 1 aromatic rings. The summed E-state index contributed by atoms with van der Waals surface area (Å²) in [4.78, 5) is 29.3. The number of nitrogens with zero attached hydrogens (tertiary/aromatic N) is 2. The Morgan fingerprint density at radius 2 is 2.41 bits per heavy atom. The summed E-state index contributed by atoms with van der Waals surface area (Å²) in [5.74, 6) is -0.0410. The van der Waals surface area contributed by atoms with Crippen LogP contribution in [0.4, 0.5) is 0 Å². The van der Waals surface area contributed by atoms with Crippen LogP contribution in [0.5, 0.6) is 0 Å². The topological polar surface area (TPSA) is 71.5 Å². The molecule has 2 fully saturated rings. The molecular weight excluding hydrogens is 302 g/mol. The molecule has 0 aliphatic carbocycles. The molecule has 2 aliphatic heterocycles. The molecule has 0 aromatic carbocycles. The van der Waals surface area contributed by atoms with E-state index in [9.17, 15) is 9.59 Å². The summed E-state index contributed by atoms with van der Waals surface area (Å²) >= 11 is 1.41. The molecule has 2 aliphatic rings. The Hall–Kier alpha value is -1.47. The number of nitrogens with one attached hydrogen (secondary N) is 1. The van der Waals surface area contributed by atoms with Crippen LogP contribution >= 0.6 is 11.3 Å². The summed E-state index contributed by atoms with van der Waals surface area (Å²) in [6.07, 6.45) is 3.92. The second-order valence-electron chi connectivity index (χ2n) is 6.09. The first-order chi connectivity index (χ1) is 10.6. The number of carbonyl (C=O) groups is 2. The average molecular weight is 323 g/mol. The molecule has 1 aromatic heterocycles. The summed E-state index contributed by atoms with van der Waals surface area (Å²) in [6, 6.07) is 0. The van der Waals surface area contributed by atoms with Crippen LogP contribution in [0.3, 0.4) is 0 Å². The van der Waals surface area contributed by atoms with Crippen molar-refractivity contribution < 1.29 is 14.3 Å². The van der Waals surface area contributed by atoms with Crippen molar-refractivity contribution in [3.05, 3.63) is 16.6 Å². The standard InChI is InChI=1S/C15H21N3O3S/c1-11(19)18-6-5-15(9-18)4-2-3-12(21-15)7-16-14(20)13-8-22-10-17-13/h8,10,12H,2-7,9H2,1H3,(H,16,20)/t12-,15-/m1/s1. The lowest BCUT2D eigenvalue weighted by Crippen LogP contribution is -2.47. The highest BCUT2D eigenvalue weighted by molar-refractivity contribution is 7.07. The molecule has 3 rings (SSSR count). The highest BCUT2D eigenvalue weighted by Gasteiger charge is 2.43. The minimum atomic E-state index is -0.208. The summed E-state index contributed by atoms with van der Waals surface area (Å²) in [6.45, 7) is 3.55. The van der Waals surface area contributed by atoms with Crippen molar-refractivity contribution in [3.63, 3.8) is 0 Å². The quantitative estimate of drug-likeness (QED) is 0.913. The number of ether oxygens (including phenoxy) is 1. The fraction of sp³-hybridized carbons (Fsp3) is 0.667. The number of amides is 2. The van der Waals surface area contributed by atoms with Crippen molar-refractivity contribution in [1.29, 1.82) is 0 Å². The monoisotopic (exact) mass is 323 g/mol. The molecule has 120 valence electrons. The Labute approximate surface area is 133 Å². The predicted octanol–water partition coefficient (Wildman–Crippen LogP) is 1.43. The van der Waals surface area contributed by atoms with E-state index in [-0.39, 0.29) is 23.5 Å². The molecule has 1 spiro atoms. The van der Waals surface area contributed by atoms with Gasteiger partial charge in [0.15, 0.2) is 0 Å². The smallest absolute Gasteiger partial charge is 0.270 e. The van der Waals surface area contributed by atoms with Gasteiger partial charge in [-0.1, -0.05) is 0 Å². The molecule has 0 unspecified atom stereocenters. The van der Waals surface area contributed by atoms with Gasteiger partial charge in [0.1, 0.15) is 5.69 Å². The number of carbonyl (C=O) groups excluding carboxylic acids is 2. The van der Waals surface area contributed by atoms with Crippen LogP contribution in [0.1, 0.15) is 43.1 Å². The van der Waals surface area contributed by atoms with Gasteiger partial charge in [0, 0.05) is 31.9 Å². The number of aromatic nitrogens is 1. The first-order valence-electron chi connectivity index (χ1n) is 7.68. The van der Waals surface area contributed by atoms with Crippen molar-refractivity contribution in [2.45, 2.75) is 44.3 Å². The molecule has 3 heterocycles. The molecule has 2 amide bonds. The van der Waals surface area contributed by atoms with E-state index < -0.39 is 0 Å². The third-order valence-corrected chi connectivity index (χ3v) is 5.08. The lowest BCUT2D eigenvalue weighted by Gasteiger charge is -2.38. The fourth-order valence-corrected chi connectivity index (χ4v) is 3.83. The number of thiazole rings is 1. The van der Waals surface area contributed by atoms with Crippen molar-refractivity contribution >= 4 is 23.2 Å². The van der Waals surface area contributed by atoms with Crippen molar-refractivity contribution in [2.75, 3.05) is 19.6 Å². The maximum Gasteiger partial charge on any atom is 0.270 e. The maximum atomic E-state index is 11.9. The van der Waals surface area contributed by atoms with E-state index in [0.29, 0.717) is 18.8 Å². The van der Waals surface area contributed by atoms with Gasteiger partial charge in [-0.2, -0.15) is 0 Å². The van der Waals surface area contributed by atoms with Crippen LogP contribution in [0.2, 0.25) is 0 Å². The maximum absolute atomic E-state index is 11.9. The number of hydrogen-bond acceptors (Lipinski definition) is 5. The highest BCUT2D eigenvalue weighted by atomic mass is 32.1. The van der Waals surface area contributed by atoms with E-state index in [2.05, 4.69) is 10.3 Å². The van der Waals surface area contributed by atoms with E-state index in [1.54, 1.807) is 17.8 Å². The van der Waals surface area contributed by atoms with E-state index in [1.165, 1.54) is 11.3 Å². The Kier molecular flexibility index (Phi) is 4.44. The lowest BCUT2D eigenvalue weighted by molar-refractivity contribution is -0.135. The van der Waals surface area contributed by atoms with Gasteiger partial charge in [0.05, 0.1) is 17.2 Å². The SMILES string of the molecule is CC(=O)N1CC[C@]2(CCC[C@H](CNC(=O)c3cscn3)O2)C1. The van der Waals surface area contributed by atoms with Gasteiger partial charge in [0.25, 0.3) is 5.91 Å².